The quantitative estimate of drug-likeness (QED) is 0.683. The molecule has 0 aliphatic carbocycles. The van der Waals surface area contributed by atoms with E-state index in [1.807, 2.05) is 6.92 Å². The number of pyridine rings is 1. The van der Waals surface area contributed by atoms with E-state index in [-0.39, 0.29) is 0 Å². The van der Waals surface area contributed by atoms with E-state index in [2.05, 4.69) is 4.98 Å². The standard InChI is InChI=1S/C9H10BF3N/c1-2-8-7-14-6-4-9(8)3-5-10(11,12)13/h3-7H,2H2,1H3/q-1/b5-3+. The molecule has 0 unspecified atom stereocenters. The third kappa shape index (κ3) is 3.24. The normalized spacial score (nSPS) is 12.3. The molecule has 0 aromatic carbocycles. The highest BCUT2D eigenvalue weighted by Crippen LogP contribution is 2.15. The van der Waals surface area contributed by atoms with Crippen molar-refractivity contribution in [3.63, 3.8) is 0 Å². The second-order valence-electron chi connectivity index (χ2n) is 2.91. The van der Waals surface area contributed by atoms with Crippen LogP contribution >= 0.6 is 0 Å². The molecule has 0 atom stereocenters. The molecular formula is C9H10BF3N-. The summed E-state index contributed by atoms with van der Waals surface area (Å²) in [6, 6.07) is 1.58. The van der Waals surface area contributed by atoms with Gasteiger partial charge >= 0.3 is 6.98 Å². The zero-order valence-electron chi connectivity index (χ0n) is 7.75. The van der Waals surface area contributed by atoms with Crippen LogP contribution in [-0.2, 0) is 6.42 Å². The Morgan fingerprint density at radius 2 is 2.14 bits per heavy atom. The maximum atomic E-state index is 11.9. The first-order chi connectivity index (χ1) is 6.53. The smallest absolute Gasteiger partial charge is 0.445 e. The van der Waals surface area contributed by atoms with E-state index in [0.717, 1.165) is 11.6 Å². The van der Waals surface area contributed by atoms with Gasteiger partial charge in [0.05, 0.1) is 0 Å². The molecular weight excluding hydrogens is 190 g/mol. The van der Waals surface area contributed by atoms with Gasteiger partial charge in [0, 0.05) is 12.4 Å². The largest absolute Gasteiger partial charge is 0.502 e. The molecule has 1 nitrogen and oxygen atoms in total. The van der Waals surface area contributed by atoms with Crippen molar-refractivity contribution in [1.29, 1.82) is 0 Å². The Hall–Kier alpha value is -1.26. The number of halogens is 3. The molecule has 0 saturated carbocycles. The number of rotatable bonds is 3. The Morgan fingerprint density at radius 3 is 2.71 bits per heavy atom. The molecule has 0 N–H and O–H groups in total. The van der Waals surface area contributed by atoms with E-state index in [4.69, 9.17) is 0 Å². The lowest BCUT2D eigenvalue weighted by molar-refractivity contribution is 0.499. The van der Waals surface area contributed by atoms with Gasteiger partial charge in [-0.2, -0.15) is 0 Å². The van der Waals surface area contributed by atoms with E-state index < -0.39 is 6.98 Å². The summed E-state index contributed by atoms with van der Waals surface area (Å²) in [6.07, 6.45) is 4.85. The lowest BCUT2D eigenvalue weighted by Gasteiger charge is -2.07. The molecule has 0 spiro atoms. The Labute approximate surface area is 80.7 Å². The van der Waals surface area contributed by atoms with Crippen molar-refractivity contribution in [3.05, 3.63) is 35.6 Å². The number of aryl methyl sites for hydroxylation is 1. The number of hydrogen-bond donors (Lipinski definition) is 0. The van der Waals surface area contributed by atoms with Gasteiger partial charge in [-0.05, 0) is 23.6 Å². The van der Waals surface area contributed by atoms with Crippen molar-refractivity contribution in [3.8, 4) is 0 Å². The molecule has 0 saturated heterocycles. The summed E-state index contributed by atoms with van der Waals surface area (Å²) in [7, 11) is 0. The molecule has 1 aromatic rings. The molecule has 5 heteroatoms. The van der Waals surface area contributed by atoms with E-state index in [1.165, 1.54) is 6.20 Å². The summed E-state index contributed by atoms with van der Waals surface area (Å²) in [5.41, 5.74) is 1.41. The van der Waals surface area contributed by atoms with E-state index in [9.17, 15) is 12.9 Å². The monoisotopic (exact) mass is 200 g/mol. The molecule has 0 radical (unpaired) electrons. The third-order valence-electron chi connectivity index (χ3n) is 1.82. The predicted octanol–water partition coefficient (Wildman–Crippen LogP) is 3.04. The Balaban J connectivity index is 2.91. The minimum atomic E-state index is -4.85. The van der Waals surface area contributed by atoms with Crippen LogP contribution in [-0.4, -0.2) is 12.0 Å². The Bertz CT molecular complexity index is 333. The van der Waals surface area contributed by atoms with Crippen molar-refractivity contribution in [1.82, 2.24) is 4.98 Å². The molecule has 1 heterocycles. The zero-order valence-corrected chi connectivity index (χ0v) is 7.75. The topological polar surface area (TPSA) is 12.9 Å². The van der Waals surface area contributed by atoms with E-state index in [0.29, 0.717) is 18.0 Å². The van der Waals surface area contributed by atoms with Gasteiger partial charge in [-0.3, -0.25) is 4.98 Å². The summed E-state index contributed by atoms with van der Waals surface area (Å²) in [5, 5.41) is 0. The SMILES string of the molecule is CCc1cnccc1/C=C/[B-](F)(F)F. The first-order valence-corrected chi connectivity index (χ1v) is 4.35. The molecule has 0 fully saturated rings. The van der Waals surface area contributed by atoms with Gasteiger partial charge in [0.25, 0.3) is 0 Å². The van der Waals surface area contributed by atoms with Gasteiger partial charge in [0.2, 0.25) is 0 Å². The highest BCUT2D eigenvalue weighted by Gasteiger charge is 2.17. The van der Waals surface area contributed by atoms with Crippen molar-refractivity contribution < 1.29 is 12.9 Å². The van der Waals surface area contributed by atoms with Crippen LogP contribution in [0.2, 0.25) is 0 Å². The van der Waals surface area contributed by atoms with Crippen LogP contribution in [0.15, 0.2) is 24.4 Å². The predicted molar refractivity (Wildman–Crippen MR) is 51.7 cm³/mol. The van der Waals surface area contributed by atoms with Crippen LogP contribution in [0.3, 0.4) is 0 Å². The Kier molecular flexibility index (Phi) is 3.33. The number of nitrogens with zero attached hydrogens (tertiary/aromatic N) is 1. The van der Waals surface area contributed by atoms with Gasteiger partial charge in [0.1, 0.15) is 0 Å². The van der Waals surface area contributed by atoms with Gasteiger partial charge in [-0.25, -0.2) is 0 Å². The van der Waals surface area contributed by atoms with E-state index >= 15 is 0 Å². The van der Waals surface area contributed by atoms with Crippen LogP contribution in [0.25, 0.3) is 6.08 Å². The fourth-order valence-corrected chi connectivity index (χ4v) is 1.11. The van der Waals surface area contributed by atoms with Gasteiger partial charge in [-0.15, -0.1) is 5.98 Å². The van der Waals surface area contributed by atoms with Crippen LogP contribution < -0.4 is 0 Å². The summed E-state index contributed by atoms with van der Waals surface area (Å²) in [6.45, 7) is -2.97. The maximum Gasteiger partial charge on any atom is 0.502 e. The van der Waals surface area contributed by atoms with Crippen LogP contribution in [0.4, 0.5) is 12.9 Å². The van der Waals surface area contributed by atoms with Crippen LogP contribution in [0.5, 0.6) is 0 Å². The first kappa shape index (κ1) is 10.8. The fourth-order valence-electron chi connectivity index (χ4n) is 1.11. The average molecular weight is 200 g/mol. The summed E-state index contributed by atoms with van der Waals surface area (Å²) < 4.78 is 35.8. The second-order valence-corrected chi connectivity index (χ2v) is 2.91. The van der Waals surface area contributed by atoms with Crippen molar-refractivity contribution in [2.75, 3.05) is 0 Å². The molecule has 0 aliphatic rings. The number of aromatic nitrogens is 1. The molecule has 0 bridgehead atoms. The molecule has 14 heavy (non-hydrogen) atoms. The molecule has 0 amide bonds. The number of hydrogen-bond acceptors (Lipinski definition) is 1. The minimum Gasteiger partial charge on any atom is -0.445 e. The lowest BCUT2D eigenvalue weighted by Crippen LogP contribution is -2.09. The van der Waals surface area contributed by atoms with Gasteiger partial charge in [0.15, 0.2) is 0 Å². The lowest BCUT2D eigenvalue weighted by atomic mass is 9.90. The van der Waals surface area contributed by atoms with Crippen molar-refractivity contribution in [2.24, 2.45) is 0 Å². The zero-order chi connectivity index (χ0) is 10.6. The average Bonchev–Trinajstić information content (AvgIpc) is 2.14. The molecule has 1 rings (SSSR count). The Morgan fingerprint density at radius 1 is 1.43 bits per heavy atom. The highest BCUT2D eigenvalue weighted by molar-refractivity contribution is 6.64. The maximum absolute atomic E-state index is 11.9. The van der Waals surface area contributed by atoms with E-state index in [1.54, 1.807) is 12.3 Å². The fraction of sp³-hybridized carbons (Fsp3) is 0.222. The van der Waals surface area contributed by atoms with Gasteiger partial charge < -0.3 is 12.9 Å². The molecule has 76 valence electrons. The van der Waals surface area contributed by atoms with Crippen LogP contribution in [0, 0.1) is 0 Å². The molecule has 0 aliphatic heterocycles. The second kappa shape index (κ2) is 4.31. The third-order valence-corrected chi connectivity index (χ3v) is 1.82. The summed E-state index contributed by atoms with van der Waals surface area (Å²) >= 11 is 0. The highest BCUT2D eigenvalue weighted by atomic mass is 19.4. The van der Waals surface area contributed by atoms with Crippen LogP contribution in [0.1, 0.15) is 18.1 Å². The summed E-state index contributed by atoms with van der Waals surface area (Å²) in [5.74, 6) is 0.300. The van der Waals surface area contributed by atoms with Gasteiger partial charge in [-0.1, -0.05) is 13.0 Å². The first-order valence-electron chi connectivity index (χ1n) is 4.35. The van der Waals surface area contributed by atoms with Crippen molar-refractivity contribution in [2.45, 2.75) is 13.3 Å². The summed E-state index contributed by atoms with van der Waals surface area (Å²) in [4.78, 5) is 3.85. The molecule has 1 aromatic heterocycles. The minimum absolute atomic E-state index is 0.300. The van der Waals surface area contributed by atoms with Crippen molar-refractivity contribution >= 4 is 13.1 Å².